The molecular formula is C12H10O2S. The van der Waals surface area contributed by atoms with Gasteiger partial charge in [0.05, 0.1) is 7.11 Å². The Kier molecular flexibility index (Phi) is 2.83. The summed E-state index contributed by atoms with van der Waals surface area (Å²) in [7, 11) is 1.64. The van der Waals surface area contributed by atoms with Gasteiger partial charge in [-0.15, -0.1) is 11.3 Å². The van der Waals surface area contributed by atoms with Crippen LogP contribution in [0.15, 0.2) is 35.7 Å². The van der Waals surface area contributed by atoms with E-state index in [9.17, 15) is 4.79 Å². The zero-order valence-electron chi connectivity index (χ0n) is 8.27. The Bertz CT molecular complexity index is 457. The molecule has 0 saturated heterocycles. The number of carbonyl (C=O) groups excluding carboxylic acids is 1. The summed E-state index contributed by atoms with van der Waals surface area (Å²) >= 11 is 1.57. The smallest absolute Gasteiger partial charge is 0.150 e. The fourth-order valence-electron chi connectivity index (χ4n) is 1.32. The van der Waals surface area contributed by atoms with Gasteiger partial charge in [-0.3, -0.25) is 4.79 Å². The number of hydrogen-bond donors (Lipinski definition) is 0. The number of carbonyl (C=O) groups is 1. The SMILES string of the molecule is COc1ccc(-c2cc(C=O)cs2)cc1. The average molecular weight is 218 g/mol. The number of thiophene rings is 1. The van der Waals surface area contributed by atoms with Crippen molar-refractivity contribution < 1.29 is 9.53 Å². The highest BCUT2D eigenvalue weighted by molar-refractivity contribution is 7.13. The molecule has 0 aliphatic heterocycles. The Labute approximate surface area is 92.1 Å². The lowest BCUT2D eigenvalue weighted by Crippen LogP contribution is -1.81. The van der Waals surface area contributed by atoms with E-state index in [1.54, 1.807) is 18.4 Å². The molecule has 0 N–H and O–H groups in total. The van der Waals surface area contributed by atoms with E-state index in [-0.39, 0.29) is 0 Å². The molecule has 0 amide bonds. The molecule has 1 aromatic heterocycles. The maximum atomic E-state index is 10.5. The van der Waals surface area contributed by atoms with Crippen molar-refractivity contribution in [3.05, 3.63) is 41.3 Å². The van der Waals surface area contributed by atoms with Crippen molar-refractivity contribution in [3.8, 4) is 16.2 Å². The summed E-state index contributed by atoms with van der Waals surface area (Å²) in [5, 5.41) is 1.85. The predicted octanol–water partition coefficient (Wildman–Crippen LogP) is 3.24. The molecule has 0 aliphatic rings. The van der Waals surface area contributed by atoms with Crippen LogP contribution < -0.4 is 4.74 Å². The predicted molar refractivity (Wildman–Crippen MR) is 61.7 cm³/mol. The molecule has 0 saturated carbocycles. The molecule has 15 heavy (non-hydrogen) atoms. The molecule has 0 unspecified atom stereocenters. The summed E-state index contributed by atoms with van der Waals surface area (Å²) in [5.74, 6) is 0.839. The molecule has 0 spiro atoms. The van der Waals surface area contributed by atoms with Gasteiger partial charge in [0, 0.05) is 15.8 Å². The van der Waals surface area contributed by atoms with Crippen LogP contribution in [-0.2, 0) is 0 Å². The Morgan fingerprint density at radius 3 is 2.53 bits per heavy atom. The first-order valence-corrected chi connectivity index (χ1v) is 5.39. The van der Waals surface area contributed by atoms with Crippen LogP contribution in [-0.4, -0.2) is 13.4 Å². The van der Waals surface area contributed by atoms with Gasteiger partial charge in [-0.2, -0.15) is 0 Å². The highest BCUT2D eigenvalue weighted by atomic mass is 32.1. The molecule has 76 valence electrons. The van der Waals surface area contributed by atoms with Gasteiger partial charge in [0.1, 0.15) is 5.75 Å². The average Bonchev–Trinajstić information content (AvgIpc) is 2.78. The van der Waals surface area contributed by atoms with Gasteiger partial charge in [-0.05, 0) is 35.9 Å². The Hall–Kier alpha value is -1.61. The topological polar surface area (TPSA) is 26.3 Å². The van der Waals surface area contributed by atoms with Crippen molar-refractivity contribution >= 4 is 17.6 Å². The highest BCUT2D eigenvalue weighted by Gasteiger charge is 2.01. The third kappa shape index (κ3) is 2.07. The van der Waals surface area contributed by atoms with Gasteiger partial charge in [0.2, 0.25) is 0 Å². The molecule has 1 aromatic carbocycles. The van der Waals surface area contributed by atoms with Gasteiger partial charge >= 0.3 is 0 Å². The van der Waals surface area contributed by atoms with E-state index < -0.39 is 0 Å². The number of hydrogen-bond acceptors (Lipinski definition) is 3. The fourth-order valence-corrected chi connectivity index (χ4v) is 2.18. The molecule has 0 atom stereocenters. The minimum Gasteiger partial charge on any atom is -0.497 e. The Balaban J connectivity index is 2.32. The van der Waals surface area contributed by atoms with Crippen LogP contribution in [0, 0.1) is 0 Å². The molecule has 0 bridgehead atoms. The zero-order chi connectivity index (χ0) is 10.7. The monoisotopic (exact) mass is 218 g/mol. The largest absolute Gasteiger partial charge is 0.497 e. The van der Waals surface area contributed by atoms with E-state index in [1.807, 2.05) is 35.7 Å². The molecule has 0 radical (unpaired) electrons. The number of ether oxygens (including phenoxy) is 1. The summed E-state index contributed by atoms with van der Waals surface area (Å²) in [4.78, 5) is 11.6. The minimum absolute atomic E-state index is 0.728. The van der Waals surface area contributed by atoms with Gasteiger partial charge < -0.3 is 4.74 Å². The van der Waals surface area contributed by atoms with E-state index in [0.29, 0.717) is 0 Å². The molecule has 0 fully saturated rings. The first-order chi connectivity index (χ1) is 7.33. The Morgan fingerprint density at radius 1 is 1.27 bits per heavy atom. The van der Waals surface area contributed by atoms with Crippen molar-refractivity contribution in [1.82, 2.24) is 0 Å². The lowest BCUT2D eigenvalue weighted by Gasteiger charge is -2.00. The zero-order valence-corrected chi connectivity index (χ0v) is 9.08. The second kappa shape index (κ2) is 4.28. The summed E-state index contributed by atoms with van der Waals surface area (Å²) in [6.45, 7) is 0. The number of rotatable bonds is 3. The third-order valence-electron chi connectivity index (χ3n) is 2.13. The molecule has 3 heteroatoms. The van der Waals surface area contributed by atoms with Crippen LogP contribution in [0.25, 0.3) is 10.4 Å². The second-order valence-electron chi connectivity index (χ2n) is 3.09. The first-order valence-electron chi connectivity index (χ1n) is 4.51. The van der Waals surface area contributed by atoms with Gasteiger partial charge in [0.15, 0.2) is 6.29 Å². The Morgan fingerprint density at radius 2 is 2.00 bits per heavy atom. The molecular weight excluding hydrogens is 208 g/mol. The lowest BCUT2D eigenvalue weighted by atomic mass is 10.1. The summed E-state index contributed by atoms with van der Waals surface area (Å²) < 4.78 is 5.08. The van der Waals surface area contributed by atoms with Crippen molar-refractivity contribution in [1.29, 1.82) is 0 Å². The van der Waals surface area contributed by atoms with E-state index in [4.69, 9.17) is 4.74 Å². The van der Waals surface area contributed by atoms with Crippen molar-refractivity contribution in [2.24, 2.45) is 0 Å². The van der Waals surface area contributed by atoms with Gasteiger partial charge in [-0.1, -0.05) is 0 Å². The maximum absolute atomic E-state index is 10.5. The second-order valence-corrected chi connectivity index (χ2v) is 4.00. The van der Waals surface area contributed by atoms with Crippen LogP contribution in [0.2, 0.25) is 0 Å². The molecule has 2 rings (SSSR count). The van der Waals surface area contributed by atoms with E-state index in [0.717, 1.165) is 28.0 Å². The van der Waals surface area contributed by atoms with E-state index in [2.05, 4.69) is 0 Å². The van der Waals surface area contributed by atoms with Crippen LogP contribution in [0.4, 0.5) is 0 Å². The van der Waals surface area contributed by atoms with Crippen LogP contribution in [0.5, 0.6) is 5.75 Å². The summed E-state index contributed by atoms with van der Waals surface area (Å²) in [5.41, 5.74) is 1.83. The molecule has 1 heterocycles. The minimum atomic E-state index is 0.728. The van der Waals surface area contributed by atoms with E-state index in [1.165, 1.54) is 0 Å². The molecule has 2 nitrogen and oxygen atoms in total. The van der Waals surface area contributed by atoms with Gasteiger partial charge in [-0.25, -0.2) is 0 Å². The number of methoxy groups -OCH3 is 1. The number of benzene rings is 1. The number of aldehydes is 1. The van der Waals surface area contributed by atoms with Crippen molar-refractivity contribution in [3.63, 3.8) is 0 Å². The maximum Gasteiger partial charge on any atom is 0.150 e. The first kappa shape index (κ1) is 9.93. The molecule has 2 aromatic rings. The fraction of sp³-hybridized carbons (Fsp3) is 0.0833. The van der Waals surface area contributed by atoms with E-state index >= 15 is 0 Å². The molecule has 0 aliphatic carbocycles. The lowest BCUT2D eigenvalue weighted by molar-refractivity contribution is 0.112. The highest BCUT2D eigenvalue weighted by Crippen LogP contribution is 2.27. The van der Waals surface area contributed by atoms with Crippen LogP contribution in [0.3, 0.4) is 0 Å². The quantitative estimate of drug-likeness (QED) is 0.739. The van der Waals surface area contributed by atoms with Crippen molar-refractivity contribution in [2.45, 2.75) is 0 Å². The van der Waals surface area contributed by atoms with Crippen molar-refractivity contribution in [2.75, 3.05) is 7.11 Å². The van der Waals surface area contributed by atoms with Crippen LogP contribution >= 0.6 is 11.3 Å². The van der Waals surface area contributed by atoms with Crippen LogP contribution in [0.1, 0.15) is 10.4 Å². The normalized spacial score (nSPS) is 9.93. The summed E-state index contributed by atoms with van der Waals surface area (Å²) in [6.07, 6.45) is 0.865. The van der Waals surface area contributed by atoms with Gasteiger partial charge in [0.25, 0.3) is 0 Å². The third-order valence-corrected chi connectivity index (χ3v) is 3.13. The summed E-state index contributed by atoms with van der Waals surface area (Å²) in [6, 6.07) is 9.68. The standard InChI is InChI=1S/C12H10O2S/c1-14-11-4-2-10(3-5-11)12-6-9(7-13)8-15-12/h2-8H,1H3.